The fourth-order valence-corrected chi connectivity index (χ4v) is 3.17. The first kappa shape index (κ1) is 14.3. The zero-order chi connectivity index (χ0) is 14.2. The Balaban J connectivity index is 1.56. The molecular weight excluding hydrogens is 278 g/mol. The molecule has 2 heterocycles. The number of nitrogens with zero attached hydrogens (tertiary/aromatic N) is 2. The van der Waals surface area contributed by atoms with E-state index in [0.29, 0.717) is 5.15 Å². The summed E-state index contributed by atoms with van der Waals surface area (Å²) in [7, 11) is 1.94. The van der Waals surface area contributed by atoms with Gasteiger partial charge in [-0.3, -0.25) is 0 Å². The van der Waals surface area contributed by atoms with Crippen molar-refractivity contribution in [1.29, 1.82) is 0 Å². The molecule has 2 aliphatic rings. The molecule has 1 aromatic rings. The van der Waals surface area contributed by atoms with Gasteiger partial charge in [0.25, 0.3) is 0 Å². The molecule has 112 valence electrons. The van der Waals surface area contributed by atoms with Crippen molar-refractivity contribution in [1.82, 2.24) is 14.9 Å². The molecule has 1 saturated carbocycles. The predicted octanol–water partition coefficient (Wildman–Crippen LogP) is 2.24. The van der Waals surface area contributed by atoms with Gasteiger partial charge in [0.15, 0.2) is 5.79 Å². The third-order valence-electron chi connectivity index (χ3n) is 4.63. The van der Waals surface area contributed by atoms with Crippen LogP contribution in [0.3, 0.4) is 0 Å². The van der Waals surface area contributed by atoms with Gasteiger partial charge in [-0.25, -0.2) is 4.98 Å². The molecule has 5 nitrogen and oxygen atoms in total. The molecule has 2 fully saturated rings. The molecule has 0 amide bonds. The molecule has 1 saturated heterocycles. The highest BCUT2D eigenvalue weighted by molar-refractivity contribution is 6.29. The molecule has 20 heavy (non-hydrogen) atoms. The summed E-state index contributed by atoms with van der Waals surface area (Å²) in [5, 5.41) is 4.29. The SMILES string of the molecule is Cn1c(Cl)cnc1CNC1(C)CCC2(CC1)OCCO2. The van der Waals surface area contributed by atoms with Gasteiger partial charge >= 0.3 is 0 Å². The summed E-state index contributed by atoms with van der Waals surface area (Å²) in [5.74, 6) is 0.665. The maximum Gasteiger partial charge on any atom is 0.168 e. The molecule has 0 aromatic carbocycles. The third kappa shape index (κ3) is 2.72. The first-order valence-corrected chi connectivity index (χ1v) is 7.59. The fraction of sp³-hybridized carbons (Fsp3) is 0.786. The predicted molar refractivity (Wildman–Crippen MR) is 76.6 cm³/mol. The van der Waals surface area contributed by atoms with Crippen LogP contribution in [0, 0.1) is 0 Å². The molecule has 0 unspecified atom stereocenters. The van der Waals surface area contributed by atoms with E-state index in [2.05, 4.69) is 17.2 Å². The molecule has 1 N–H and O–H groups in total. The van der Waals surface area contributed by atoms with Gasteiger partial charge in [-0.05, 0) is 19.8 Å². The van der Waals surface area contributed by atoms with Gasteiger partial charge in [0.1, 0.15) is 11.0 Å². The Morgan fingerprint density at radius 3 is 2.50 bits per heavy atom. The van der Waals surface area contributed by atoms with Crippen LogP contribution in [-0.4, -0.2) is 34.1 Å². The summed E-state index contributed by atoms with van der Waals surface area (Å²) in [6.07, 6.45) is 5.70. The lowest BCUT2D eigenvalue weighted by Gasteiger charge is -2.42. The maximum absolute atomic E-state index is 6.01. The minimum absolute atomic E-state index is 0.110. The zero-order valence-electron chi connectivity index (χ0n) is 12.1. The highest BCUT2D eigenvalue weighted by atomic mass is 35.5. The second-order valence-electron chi connectivity index (χ2n) is 6.08. The normalized spacial score (nSPS) is 24.4. The molecule has 0 radical (unpaired) electrons. The van der Waals surface area contributed by atoms with Crippen LogP contribution in [0.15, 0.2) is 6.20 Å². The second-order valence-corrected chi connectivity index (χ2v) is 6.47. The highest BCUT2D eigenvalue weighted by Gasteiger charge is 2.44. The number of rotatable bonds is 3. The molecule has 1 aliphatic carbocycles. The first-order chi connectivity index (χ1) is 9.52. The average molecular weight is 300 g/mol. The Labute approximate surface area is 124 Å². The van der Waals surface area contributed by atoms with E-state index in [1.165, 1.54) is 0 Å². The van der Waals surface area contributed by atoms with Gasteiger partial charge in [0, 0.05) is 25.4 Å². The Morgan fingerprint density at radius 1 is 1.30 bits per heavy atom. The third-order valence-corrected chi connectivity index (χ3v) is 4.98. The molecule has 3 rings (SSSR count). The van der Waals surface area contributed by atoms with Crippen LogP contribution < -0.4 is 5.32 Å². The summed E-state index contributed by atoms with van der Waals surface area (Å²) < 4.78 is 13.5. The standard InChI is InChI=1S/C14H22ClN3O2/c1-13(17-10-12-16-9-11(15)18(12)2)3-5-14(6-4-13)19-7-8-20-14/h9,17H,3-8,10H2,1-2H3. The van der Waals surface area contributed by atoms with E-state index in [0.717, 1.165) is 51.3 Å². The van der Waals surface area contributed by atoms with E-state index in [1.807, 2.05) is 11.6 Å². The van der Waals surface area contributed by atoms with Gasteiger partial charge in [-0.2, -0.15) is 0 Å². The fourth-order valence-electron chi connectivity index (χ4n) is 3.03. The van der Waals surface area contributed by atoms with Crippen molar-refractivity contribution in [3.63, 3.8) is 0 Å². The van der Waals surface area contributed by atoms with Gasteiger partial charge in [0.05, 0.1) is 26.0 Å². The monoisotopic (exact) mass is 299 g/mol. The van der Waals surface area contributed by atoms with E-state index >= 15 is 0 Å². The van der Waals surface area contributed by atoms with Crippen molar-refractivity contribution in [3.8, 4) is 0 Å². The number of hydrogen-bond acceptors (Lipinski definition) is 4. The Hall–Kier alpha value is -0.620. The van der Waals surface area contributed by atoms with Crippen LogP contribution in [0.25, 0.3) is 0 Å². The zero-order valence-corrected chi connectivity index (χ0v) is 12.9. The summed E-state index contributed by atoms with van der Waals surface area (Å²) in [5.41, 5.74) is 0.110. The molecule has 1 spiro atoms. The van der Waals surface area contributed by atoms with E-state index < -0.39 is 0 Å². The summed E-state index contributed by atoms with van der Waals surface area (Å²) >= 11 is 6.01. The number of ether oxygens (including phenoxy) is 2. The highest BCUT2D eigenvalue weighted by Crippen LogP contribution is 2.40. The van der Waals surface area contributed by atoms with Gasteiger partial charge in [-0.1, -0.05) is 11.6 Å². The van der Waals surface area contributed by atoms with E-state index in [1.54, 1.807) is 6.20 Å². The smallest absolute Gasteiger partial charge is 0.168 e. The summed E-state index contributed by atoms with van der Waals surface area (Å²) in [6.45, 7) is 4.46. The van der Waals surface area contributed by atoms with E-state index in [4.69, 9.17) is 21.1 Å². The number of aromatic nitrogens is 2. The van der Waals surface area contributed by atoms with Crippen molar-refractivity contribution in [2.75, 3.05) is 13.2 Å². The van der Waals surface area contributed by atoms with Crippen LogP contribution in [0.1, 0.15) is 38.4 Å². The van der Waals surface area contributed by atoms with Crippen molar-refractivity contribution in [3.05, 3.63) is 17.2 Å². The maximum atomic E-state index is 6.01. The van der Waals surface area contributed by atoms with Crippen molar-refractivity contribution < 1.29 is 9.47 Å². The first-order valence-electron chi connectivity index (χ1n) is 7.21. The van der Waals surface area contributed by atoms with Gasteiger partial charge < -0.3 is 19.4 Å². The Morgan fingerprint density at radius 2 is 1.95 bits per heavy atom. The minimum atomic E-state index is -0.298. The van der Waals surface area contributed by atoms with Crippen molar-refractivity contribution in [2.45, 2.75) is 50.5 Å². The summed E-state index contributed by atoms with van der Waals surface area (Å²) in [6, 6.07) is 0. The topological polar surface area (TPSA) is 48.3 Å². The Kier molecular flexibility index (Phi) is 3.79. The summed E-state index contributed by atoms with van der Waals surface area (Å²) in [4.78, 5) is 4.32. The van der Waals surface area contributed by atoms with Crippen LogP contribution in [0.4, 0.5) is 0 Å². The quantitative estimate of drug-likeness (QED) is 0.930. The van der Waals surface area contributed by atoms with E-state index in [9.17, 15) is 0 Å². The Bertz CT molecular complexity index is 473. The minimum Gasteiger partial charge on any atom is -0.348 e. The van der Waals surface area contributed by atoms with Crippen molar-refractivity contribution >= 4 is 11.6 Å². The molecule has 0 bridgehead atoms. The molecular formula is C14H22ClN3O2. The average Bonchev–Trinajstić information content (AvgIpc) is 3.02. The van der Waals surface area contributed by atoms with Gasteiger partial charge in [-0.15, -0.1) is 0 Å². The van der Waals surface area contributed by atoms with E-state index in [-0.39, 0.29) is 11.3 Å². The van der Waals surface area contributed by atoms with Crippen molar-refractivity contribution in [2.24, 2.45) is 7.05 Å². The molecule has 1 aliphatic heterocycles. The van der Waals surface area contributed by atoms with Crippen LogP contribution in [0.5, 0.6) is 0 Å². The van der Waals surface area contributed by atoms with Crippen LogP contribution in [-0.2, 0) is 23.1 Å². The largest absolute Gasteiger partial charge is 0.348 e. The number of halogens is 1. The number of nitrogens with one attached hydrogen (secondary N) is 1. The lowest BCUT2D eigenvalue weighted by atomic mass is 9.80. The molecule has 0 atom stereocenters. The molecule has 1 aromatic heterocycles. The lowest BCUT2D eigenvalue weighted by Crippen LogP contribution is -2.50. The van der Waals surface area contributed by atoms with Crippen LogP contribution in [0.2, 0.25) is 5.15 Å². The number of hydrogen-bond donors (Lipinski definition) is 1. The number of imidazole rings is 1. The second kappa shape index (κ2) is 5.30. The lowest BCUT2D eigenvalue weighted by molar-refractivity contribution is -0.185. The van der Waals surface area contributed by atoms with Crippen LogP contribution >= 0.6 is 11.6 Å². The molecule has 6 heteroatoms. The van der Waals surface area contributed by atoms with Gasteiger partial charge in [0.2, 0.25) is 0 Å².